The molecule has 3 amide bonds. The molecule has 1 aliphatic rings. The zero-order valence-corrected chi connectivity index (χ0v) is 22.0. The van der Waals surface area contributed by atoms with Crippen molar-refractivity contribution in [3.05, 3.63) is 53.6 Å². The number of benzene rings is 1. The molecular formula is C28H41N3O4. The van der Waals surface area contributed by atoms with Gasteiger partial charge in [0, 0.05) is 24.6 Å². The van der Waals surface area contributed by atoms with E-state index in [1.54, 1.807) is 19.2 Å². The Labute approximate surface area is 209 Å². The molecule has 0 aliphatic heterocycles. The number of ether oxygens (including phenoxy) is 1. The quantitative estimate of drug-likeness (QED) is 0.387. The van der Waals surface area contributed by atoms with Crippen LogP contribution in [0.2, 0.25) is 0 Å². The Morgan fingerprint density at radius 1 is 1.09 bits per heavy atom. The number of amides is 3. The van der Waals surface area contributed by atoms with Gasteiger partial charge in [-0.25, -0.2) is 4.79 Å². The molecule has 0 saturated heterocycles. The molecule has 3 N–H and O–H groups in total. The second-order valence-corrected chi connectivity index (χ2v) is 10.3. The molecule has 0 bridgehead atoms. The van der Waals surface area contributed by atoms with Crippen molar-refractivity contribution in [2.24, 2.45) is 5.41 Å². The molecule has 0 fully saturated rings. The highest BCUT2D eigenvalue weighted by Gasteiger charge is 2.23. The fraction of sp³-hybridized carbons (Fsp3) is 0.536. The van der Waals surface area contributed by atoms with Gasteiger partial charge in [-0.3, -0.25) is 9.59 Å². The van der Waals surface area contributed by atoms with E-state index >= 15 is 0 Å². The minimum atomic E-state index is -0.649. The number of nitrogens with one attached hydrogen (secondary N) is 3. The lowest BCUT2D eigenvalue weighted by Gasteiger charge is -2.20. The maximum Gasteiger partial charge on any atom is 0.407 e. The standard InChI is InChI=1S/C28H41N3O4/c1-7-16-28(5)17-15-22(19-28)20-11-13-21(14-12-20)24(32)31-23(25(33)29-6)10-8-9-18-30-26(34)35-27(2,3)4/h11-15,17,19,23H,7-10,16,18H2,1-6H3,(H,29,33)(H,30,34)(H,31,32)/t23-,28?/m0/s1. The van der Waals surface area contributed by atoms with E-state index in [2.05, 4.69) is 48.0 Å². The van der Waals surface area contributed by atoms with Gasteiger partial charge in [0.05, 0.1) is 0 Å². The first-order chi connectivity index (χ1) is 16.5. The van der Waals surface area contributed by atoms with Crippen molar-refractivity contribution >= 4 is 23.5 Å². The SMILES string of the molecule is CCCC1(C)C=CC(c2ccc(C(=O)N[C@@H](CCCCNC(=O)OC(C)(C)C)C(=O)NC)cc2)=C1. The van der Waals surface area contributed by atoms with Crippen LogP contribution in [0.4, 0.5) is 4.79 Å². The molecule has 7 heteroatoms. The Morgan fingerprint density at radius 2 is 1.77 bits per heavy atom. The summed E-state index contributed by atoms with van der Waals surface area (Å²) in [5.74, 6) is -0.532. The van der Waals surface area contributed by atoms with Crippen LogP contribution < -0.4 is 16.0 Å². The molecule has 1 unspecified atom stereocenters. The van der Waals surface area contributed by atoms with Crippen LogP contribution >= 0.6 is 0 Å². The molecule has 1 aromatic rings. The molecular weight excluding hydrogens is 442 g/mol. The van der Waals surface area contributed by atoms with Gasteiger partial charge in [0.15, 0.2) is 0 Å². The van der Waals surface area contributed by atoms with Crippen molar-refractivity contribution in [3.63, 3.8) is 0 Å². The molecule has 35 heavy (non-hydrogen) atoms. The first-order valence-corrected chi connectivity index (χ1v) is 12.5. The van der Waals surface area contributed by atoms with Crippen LogP contribution in [0.15, 0.2) is 42.5 Å². The third kappa shape index (κ3) is 9.23. The minimum Gasteiger partial charge on any atom is -0.444 e. The Hall–Kier alpha value is -3.09. The third-order valence-corrected chi connectivity index (χ3v) is 5.85. The van der Waals surface area contributed by atoms with Crippen LogP contribution in [0.1, 0.15) is 82.6 Å². The van der Waals surface area contributed by atoms with Gasteiger partial charge in [-0.1, -0.05) is 50.6 Å². The van der Waals surface area contributed by atoms with Crippen molar-refractivity contribution in [3.8, 4) is 0 Å². The normalized spacial score (nSPS) is 17.9. The van der Waals surface area contributed by atoms with Gasteiger partial charge in [0.2, 0.25) is 5.91 Å². The first-order valence-electron chi connectivity index (χ1n) is 12.5. The number of unbranched alkanes of at least 4 members (excludes halogenated alkanes) is 1. The summed E-state index contributed by atoms with van der Waals surface area (Å²) in [6.45, 7) is 10.3. The van der Waals surface area contributed by atoms with E-state index in [0.717, 1.165) is 24.0 Å². The molecule has 1 aromatic carbocycles. The summed E-state index contributed by atoms with van der Waals surface area (Å²) in [6.07, 6.45) is 10.2. The smallest absolute Gasteiger partial charge is 0.407 e. The highest BCUT2D eigenvalue weighted by Crippen LogP contribution is 2.37. The molecule has 1 aliphatic carbocycles. The number of alkyl carbamates (subject to hydrolysis) is 1. The monoisotopic (exact) mass is 483 g/mol. The summed E-state index contributed by atoms with van der Waals surface area (Å²) < 4.78 is 5.21. The zero-order chi connectivity index (χ0) is 26.1. The Kier molecular flexibility index (Phi) is 10.1. The van der Waals surface area contributed by atoms with Crippen LogP contribution in [0.5, 0.6) is 0 Å². The van der Waals surface area contributed by atoms with Crippen LogP contribution in [-0.2, 0) is 9.53 Å². The van der Waals surface area contributed by atoms with Gasteiger partial charge < -0.3 is 20.7 Å². The minimum absolute atomic E-state index is 0.0866. The molecule has 0 heterocycles. The molecule has 2 atom stereocenters. The first kappa shape index (κ1) is 28.1. The van der Waals surface area contributed by atoms with Crippen LogP contribution in [0.3, 0.4) is 0 Å². The van der Waals surface area contributed by atoms with Gasteiger partial charge in [0.1, 0.15) is 11.6 Å². The van der Waals surface area contributed by atoms with Crippen LogP contribution in [0.25, 0.3) is 5.57 Å². The lowest BCUT2D eigenvalue weighted by Crippen LogP contribution is -2.45. The summed E-state index contributed by atoms with van der Waals surface area (Å²) in [5.41, 5.74) is 2.28. The average Bonchev–Trinajstić information content (AvgIpc) is 3.18. The lowest BCUT2D eigenvalue weighted by atomic mass is 9.87. The van der Waals surface area contributed by atoms with Crippen LogP contribution in [0, 0.1) is 5.41 Å². The van der Waals surface area contributed by atoms with Crippen molar-refractivity contribution in [1.29, 1.82) is 0 Å². The van der Waals surface area contributed by atoms with Gasteiger partial charge in [-0.05, 0) is 69.7 Å². The number of hydrogen-bond acceptors (Lipinski definition) is 4. The van der Waals surface area contributed by atoms with Crippen molar-refractivity contribution in [2.45, 2.75) is 78.4 Å². The number of carbonyl (C=O) groups is 3. The second-order valence-electron chi connectivity index (χ2n) is 10.3. The van der Waals surface area contributed by atoms with E-state index in [0.29, 0.717) is 31.4 Å². The zero-order valence-electron chi connectivity index (χ0n) is 22.0. The van der Waals surface area contributed by atoms with E-state index in [4.69, 9.17) is 4.74 Å². The van der Waals surface area contributed by atoms with Gasteiger partial charge in [0.25, 0.3) is 5.91 Å². The van der Waals surface area contributed by atoms with Gasteiger partial charge in [-0.2, -0.15) is 0 Å². The Bertz CT molecular complexity index is 944. The fourth-order valence-electron chi connectivity index (χ4n) is 4.08. The highest BCUT2D eigenvalue weighted by molar-refractivity contribution is 5.97. The predicted molar refractivity (Wildman–Crippen MR) is 140 cm³/mol. The van der Waals surface area contributed by atoms with E-state index in [9.17, 15) is 14.4 Å². The van der Waals surface area contributed by atoms with Crippen LogP contribution in [-0.4, -0.2) is 43.1 Å². The molecule has 192 valence electrons. The number of hydrogen-bond donors (Lipinski definition) is 3. The molecule has 0 saturated carbocycles. The largest absolute Gasteiger partial charge is 0.444 e. The maximum atomic E-state index is 12.8. The molecule has 0 radical (unpaired) electrons. The van der Waals surface area contributed by atoms with E-state index in [-0.39, 0.29) is 17.2 Å². The number of likely N-dealkylation sites (N-methyl/N-ethyl adjacent to an activating group) is 1. The second kappa shape index (κ2) is 12.6. The number of rotatable bonds is 11. The molecule has 7 nitrogen and oxygen atoms in total. The summed E-state index contributed by atoms with van der Waals surface area (Å²) >= 11 is 0. The topological polar surface area (TPSA) is 96.5 Å². The summed E-state index contributed by atoms with van der Waals surface area (Å²) in [4.78, 5) is 36.9. The Morgan fingerprint density at radius 3 is 2.37 bits per heavy atom. The number of carbonyl (C=O) groups excluding carboxylic acids is 3. The molecule has 0 aromatic heterocycles. The summed E-state index contributed by atoms with van der Waals surface area (Å²) in [6, 6.07) is 6.82. The lowest BCUT2D eigenvalue weighted by molar-refractivity contribution is -0.122. The third-order valence-electron chi connectivity index (χ3n) is 5.85. The predicted octanol–water partition coefficient (Wildman–Crippen LogP) is 4.99. The fourth-order valence-corrected chi connectivity index (χ4v) is 4.08. The van der Waals surface area contributed by atoms with Gasteiger partial charge >= 0.3 is 6.09 Å². The average molecular weight is 484 g/mol. The van der Waals surface area contributed by atoms with E-state index < -0.39 is 17.7 Å². The maximum absolute atomic E-state index is 12.8. The van der Waals surface area contributed by atoms with Crippen molar-refractivity contribution < 1.29 is 19.1 Å². The summed E-state index contributed by atoms with van der Waals surface area (Å²) in [5, 5.41) is 8.16. The Balaban J connectivity index is 1.89. The van der Waals surface area contributed by atoms with Gasteiger partial charge in [-0.15, -0.1) is 0 Å². The van der Waals surface area contributed by atoms with E-state index in [1.165, 1.54) is 0 Å². The van der Waals surface area contributed by atoms with Crippen molar-refractivity contribution in [1.82, 2.24) is 16.0 Å². The molecule has 2 rings (SSSR count). The summed E-state index contributed by atoms with van der Waals surface area (Å²) in [7, 11) is 1.55. The molecule has 0 spiro atoms. The van der Waals surface area contributed by atoms with Crippen molar-refractivity contribution in [2.75, 3.05) is 13.6 Å². The number of allylic oxidation sites excluding steroid dienone is 4. The highest BCUT2D eigenvalue weighted by atomic mass is 16.6. The van der Waals surface area contributed by atoms with E-state index in [1.807, 2.05) is 32.9 Å².